The van der Waals surface area contributed by atoms with Crippen molar-refractivity contribution in [2.75, 3.05) is 52.1 Å². The fraction of sp³-hybridized carbons (Fsp3) is 1.00. The number of nitrogens with one attached hydrogen (secondary N) is 1. The predicted molar refractivity (Wildman–Crippen MR) is 86.8 cm³/mol. The maximum Gasteiger partial charge on any atom is 0.211 e. The van der Waals surface area contributed by atoms with Gasteiger partial charge >= 0.3 is 0 Å². The van der Waals surface area contributed by atoms with Crippen LogP contribution < -0.4 is 5.32 Å². The maximum atomic E-state index is 11.6. The van der Waals surface area contributed by atoms with Crippen LogP contribution >= 0.6 is 0 Å². The molecule has 2 fully saturated rings. The Morgan fingerprint density at radius 1 is 1.05 bits per heavy atom. The van der Waals surface area contributed by atoms with E-state index >= 15 is 0 Å². The van der Waals surface area contributed by atoms with Crippen LogP contribution in [0.3, 0.4) is 0 Å². The molecule has 6 heteroatoms. The lowest BCUT2D eigenvalue weighted by molar-refractivity contribution is 0.186. The minimum Gasteiger partial charge on any atom is -0.316 e. The smallest absolute Gasteiger partial charge is 0.211 e. The van der Waals surface area contributed by atoms with Gasteiger partial charge in [0.25, 0.3) is 0 Å². The zero-order valence-corrected chi connectivity index (χ0v) is 14.4. The number of hydrogen-bond donors (Lipinski definition) is 1. The molecule has 0 aromatic carbocycles. The van der Waals surface area contributed by atoms with E-state index in [0.29, 0.717) is 19.0 Å². The van der Waals surface area contributed by atoms with Crippen LogP contribution in [0.2, 0.25) is 0 Å². The second kappa shape index (κ2) is 7.90. The number of piperidine rings is 2. The lowest BCUT2D eigenvalue weighted by Crippen LogP contribution is -2.43. The van der Waals surface area contributed by atoms with E-state index in [1.165, 1.54) is 38.7 Å². The summed E-state index contributed by atoms with van der Waals surface area (Å²) in [5, 5.41) is 3.59. The molecule has 0 saturated carbocycles. The van der Waals surface area contributed by atoms with Gasteiger partial charge in [-0.1, -0.05) is 6.92 Å². The van der Waals surface area contributed by atoms with Gasteiger partial charge in [-0.2, -0.15) is 0 Å². The first-order chi connectivity index (χ1) is 9.99. The Labute approximate surface area is 130 Å². The van der Waals surface area contributed by atoms with Gasteiger partial charge in [-0.05, 0) is 70.2 Å². The summed E-state index contributed by atoms with van der Waals surface area (Å²) in [6.45, 7) is 9.30. The van der Waals surface area contributed by atoms with Crippen molar-refractivity contribution in [1.82, 2.24) is 14.5 Å². The van der Waals surface area contributed by atoms with Gasteiger partial charge in [0.2, 0.25) is 10.0 Å². The summed E-state index contributed by atoms with van der Waals surface area (Å²) < 4.78 is 24.9. The first-order valence-corrected chi connectivity index (χ1v) is 10.2. The van der Waals surface area contributed by atoms with Crippen molar-refractivity contribution in [2.24, 2.45) is 11.8 Å². The summed E-state index contributed by atoms with van der Waals surface area (Å²) in [6, 6.07) is 0. The largest absolute Gasteiger partial charge is 0.316 e. The van der Waals surface area contributed by atoms with Crippen molar-refractivity contribution in [3.05, 3.63) is 0 Å². The Morgan fingerprint density at radius 2 is 1.71 bits per heavy atom. The first-order valence-electron chi connectivity index (χ1n) is 8.37. The van der Waals surface area contributed by atoms with Crippen molar-refractivity contribution in [3.8, 4) is 0 Å². The van der Waals surface area contributed by atoms with Gasteiger partial charge in [0.05, 0.1) is 6.26 Å². The van der Waals surface area contributed by atoms with Crippen LogP contribution in [0.5, 0.6) is 0 Å². The molecule has 5 nitrogen and oxygen atoms in total. The molecule has 2 aliphatic heterocycles. The quantitative estimate of drug-likeness (QED) is 0.793. The Morgan fingerprint density at radius 3 is 2.33 bits per heavy atom. The molecule has 2 rings (SSSR count). The summed E-state index contributed by atoms with van der Waals surface area (Å²) in [5.74, 6) is 1.27. The highest BCUT2D eigenvalue weighted by molar-refractivity contribution is 7.88. The van der Waals surface area contributed by atoms with Gasteiger partial charge in [-0.3, -0.25) is 0 Å². The van der Waals surface area contributed by atoms with Gasteiger partial charge in [0.15, 0.2) is 0 Å². The molecular formula is C15H31N3O2S. The lowest BCUT2D eigenvalue weighted by atomic mass is 9.95. The Balaban J connectivity index is 1.65. The van der Waals surface area contributed by atoms with Crippen molar-refractivity contribution >= 4 is 10.0 Å². The molecule has 0 bridgehead atoms. The van der Waals surface area contributed by atoms with Crippen LogP contribution in [0, 0.1) is 11.8 Å². The topological polar surface area (TPSA) is 52.6 Å². The Bertz CT molecular complexity index is 405. The molecule has 0 aromatic heterocycles. The molecule has 2 heterocycles. The summed E-state index contributed by atoms with van der Waals surface area (Å²) in [5.41, 5.74) is 0. The second-order valence-electron chi connectivity index (χ2n) is 6.67. The first kappa shape index (κ1) is 17.2. The number of rotatable bonds is 6. The van der Waals surface area contributed by atoms with E-state index in [9.17, 15) is 8.42 Å². The fourth-order valence-electron chi connectivity index (χ4n) is 3.49. The SMILES string of the molecule is CCN1CCC(CNCC2CCCN(S(C)(=O)=O)C2)CC1. The summed E-state index contributed by atoms with van der Waals surface area (Å²) in [4.78, 5) is 2.52. The zero-order chi connectivity index (χ0) is 15.3. The minimum absolute atomic E-state index is 0.476. The van der Waals surface area contributed by atoms with E-state index in [0.717, 1.165) is 31.8 Å². The van der Waals surface area contributed by atoms with Crippen molar-refractivity contribution < 1.29 is 8.42 Å². The molecule has 0 radical (unpaired) electrons. The molecule has 2 aliphatic rings. The molecular weight excluding hydrogens is 286 g/mol. The summed E-state index contributed by atoms with van der Waals surface area (Å²) >= 11 is 0. The normalized spacial score (nSPS) is 27.0. The van der Waals surface area contributed by atoms with E-state index < -0.39 is 10.0 Å². The third-order valence-corrected chi connectivity index (χ3v) is 6.24. The van der Waals surface area contributed by atoms with Crippen molar-refractivity contribution in [1.29, 1.82) is 0 Å². The third kappa shape index (κ3) is 5.51. The van der Waals surface area contributed by atoms with Gasteiger partial charge in [-0.25, -0.2) is 12.7 Å². The lowest BCUT2D eigenvalue weighted by Gasteiger charge is -2.33. The molecule has 0 spiro atoms. The molecule has 1 N–H and O–H groups in total. The molecule has 21 heavy (non-hydrogen) atoms. The average Bonchev–Trinajstić information content (AvgIpc) is 2.47. The monoisotopic (exact) mass is 317 g/mol. The van der Waals surface area contributed by atoms with Gasteiger partial charge < -0.3 is 10.2 Å². The van der Waals surface area contributed by atoms with Crippen LogP contribution in [0.25, 0.3) is 0 Å². The van der Waals surface area contributed by atoms with Crippen LogP contribution in [-0.2, 0) is 10.0 Å². The molecule has 0 aliphatic carbocycles. The van der Waals surface area contributed by atoms with Crippen LogP contribution in [0.1, 0.15) is 32.6 Å². The molecule has 0 aromatic rings. The highest BCUT2D eigenvalue weighted by Crippen LogP contribution is 2.19. The van der Waals surface area contributed by atoms with Crippen LogP contribution in [0.15, 0.2) is 0 Å². The summed E-state index contributed by atoms with van der Waals surface area (Å²) in [7, 11) is -3.01. The van der Waals surface area contributed by atoms with Crippen molar-refractivity contribution in [3.63, 3.8) is 0 Å². The number of nitrogens with zero attached hydrogens (tertiary/aromatic N) is 2. The second-order valence-corrected chi connectivity index (χ2v) is 8.65. The molecule has 1 atom stereocenters. The Hall–Kier alpha value is -0.170. The van der Waals surface area contributed by atoms with Crippen molar-refractivity contribution in [2.45, 2.75) is 32.6 Å². The number of hydrogen-bond acceptors (Lipinski definition) is 4. The predicted octanol–water partition coefficient (Wildman–Crippen LogP) is 0.980. The maximum absolute atomic E-state index is 11.6. The Kier molecular flexibility index (Phi) is 6.47. The molecule has 1 unspecified atom stereocenters. The van der Waals surface area contributed by atoms with Crippen LogP contribution in [0.4, 0.5) is 0 Å². The standard InChI is InChI=1S/C15H31N3O2S/c1-3-17-9-6-14(7-10-17)11-16-12-15-5-4-8-18(13-15)21(2,19)20/h14-16H,3-13H2,1-2H3. The molecule has 2 saturated heterocycles. The highest BCUT2D eigenvalue weighted by atomic mass is 32.2. The molecule has 0 amide bonds. The number of likely N-dealkylation sites (tertiary alicyclic amines) is 1. The van der Waals surface area contributed by atoms with E-state index in [2.05, 4.69) is 17.1 Å². The fourth-order valence-corrected chi connectivity index (χ4v) is 4.44. The van der Waals surface area contributed by atoms with E-state index in [1.54, 1.807) is 4.31 Å². The highest BCUT2D eigenvalue weighted by Gasteiger charge is 2.26. The van der Waals surface area contributed by atoms with E-state index in [1.807, 2.05) is 0 Å². The number of sulfonamides is 1. The third-order valence-electron chi connectivity index (χ3n) is 4.97. The summed E-state index contributed by atoms with van der Waals surface area (Å²) in [6.07, 6.45) is 6.05. The average molecular weight is 317 g/mol. The molecule has 124 valence electrons. The van der Waals surface area contributed by atoms with E-state index in [4.69, 9.17) is 0 Å². The van der Waals surface area contributed by atoms with Crippen LogP contribution in [-0.4, -0.2) is 69.7 Å². The van der Waals surface area contributed by atoms with Gasteiger partial charge in [-0.15, -0.1) is 0 Å². The van der Waals surface area contributed by atoms with Gasteiger partial charge in [0, 0.05) is 13.1 Å². The van der Waals surface area contributed by atoms with Gasteiger partial charge in [0.1, 0.15) is 0 Å². The van der Waals surface area contributed by atoms with E-state index in [-0.39, 0.29) is 0 Å². The zero-order valence-electron chi connectivity index (χ0n) is 13.6. The minimum atomic E-state index is -3.01.